The number of carbonyl (C=O) groups is 3. The van der Waals surface area contributed by atoms with Crippen molar-refractivity contribution in [3.8, 4) is 0 Å². The molecule has 0 unspecified atom stereocenters. The van der Waals surface area contributed by atoms with Crippen molar-refractivity contribution in [2.24, 2.45) is 0 Å². The minimum atomic E-state index is -0.508. The first kappa shape index (κ1) is 25.9. The maximum absolute atomic E-state index is 12.1. The van der Waals surface area contributed by atoms with Crippen molar-refractivity contribution < 1.29 is 40.8 Å². The van der Waals surface area contributed by atoms with Gasteiger partial charge < -0.3 is 32.5 Å². The Bertz CT molecular complexity index is 831. The van der Waals surface area contributed by atoms with E-state index in [-0.39, 0.29) is 50.0 Å². The summed E-state index contributed by atoms with van der Waals surface area (Å²) < 4.78 is 11.7. The van der Waals surface area contributed by atoms with Gasteiger partial charge in [0, 0.05) is 24.7 Å². The van der Waals surface area contributed by atoms with E-state index in [1.165, 1.54) is 0 Å². The standard InChI is InChI=1S/C22H27N3O5.ClH/c1-3-29-20(26)9-12-23-21(27)19-10-13-25(14-11-19)16-30-22(28)24-17(2)15-18-7-5-4-6-8-18;/h4-8,10-11,13-14,17H,3,9,12,15-16H2,1-2H3,(H-,23,24,27,28);1H/t17-;/m0./s1. The van der Waals surface area contributed by atoms with Gasteiger partial charge in [-0.2, -0.15) is 4.57 Å². The van der Waals surface area contributed by atoms with Gasteiger partial charge in [0.15, 0.2) is 12.4 Å². The van der Waals surface area contributed by atoms with Crippen LogP contribution in [0.3, 0.4) is 0 Å². The van der Waals surface area contributed by atoms with E-state index < -0.39 is 6.09 Å². The summed E-state index contributed by atoms with van der Waals surface area (Å²) in [5.41, 5.74) is 1.58. The average Bonchev–Trinajstić information content (AvgIpc) is 2.73. The summed E-state index contributed by atoms with van der Waals surface area (Å²) >= 11 is 0. The summed E-state index contributed by atoms with van der Waals surface area (Å²) in [4.78, 5) is 35.3. The van der Waals surface area contributed by atoms with Crippen LogP contribution in [0.15, 0.2) is 54.9 Å². The number of rotatable bonds is 10. The molecule has 1 heterocycles. The van der Waals surface area contributed by atoms with Gasteiger partial charge >= 0.3 is 12.1 Å². The molecular weight excluding hydrogens is 422 g/mol. The Balaban J connectivity index is 0.00000480. The van der Waals surface area contributed by atoms with E-state index >= 15 is 0 Å². The molecular formula is C22H28ClN3O5. The molecule has 0 aliphatic carbocycles. The fourth-order valence-corrected chi connectivity index (χ4v) is 2.70. The largest absolute Gasteiger partial charge is 1.00 e. The van der Waals surface area contributed by atoms with Crippen molar-refractivity contribution in [1.29, 1.82) is 0 Å². The van der Waals surface area contributed by atoms with E-state index in [1.54, 1.807) is 36.0 Å². The molecule has 0 saturated carbocycles. The normalized spacial score (nSPS) is 10.9. The van der Waals surface area contributed by atoms with Crippen LogP contribution < -0.4 is 27.6 Å². The molecule has 168 valence electrons. The predicted octanol–water partition coefficient (Wildman–Crippen LogP) is -1.02. The molecule has 1 atom stereocenters. The summed E-state index contributed by atoms with van der Waals surface area (Å²) in [6, 6.07) is 13.0. The monoisotopic (exact) mass is 449 g/mol. The Kier molecular flexibility index (Phi) is 11.7. The molecule has 0 saturated heterocycles. The fraction of sp³-hybridized carbons (Fsp3) is 0.364. The molecule has 1 aromatic carbocycles. The molecule has 9 heteroatoms. The van der Waals surface area contributed by atoms with E-state index in [0.29, 0.717) is 18.6 Å². The average molecular weight is 450 g/mol. The third kappa shape index (κ3) is 9.95. The van der Waals surface area contributed by atoms with Gasteiger partial charge in [-0.15, -0.1) is 0 Å². The zero-order valence-electron chi connectivity index (χ0n) is 17.7. The zero-order chi connectivity index (χ0) is 21.8. The molecule has 0 radical (unpaired) electrons. The number of carbonyl (C=O) groups excluding carboxylic acids is 3. The Hall–Kier alpha value is -3.13. The second-order valence-corrected chi connectivity index (χ2v) is 6.71. The highest BCUT2D eigenvalue weighted by molar-refractivity contribution is 5.94. The van der Waals surface area contributed by atoms with Crippen molar-refractivity contribution in [3.05, 3.63) is 66.0 Å². The van der Waals surface area contributed by atoms with Gasteiger partial charge in [-0.25, -0.2) is 4.79 Å². The predicted molar refractivity (Wildman–Crippen MR) is 109 cm³/mol. The zero-order valence-corrected chi connectivity index (χ0v) is 18.4. The quantitative estimate of drug-likeness (QED) is 0.357. The number of aromatic nitrogens is 1. The van der Waals surface area contributed by atoms with Gasteiger partial charge in [0.1, 0.15) is 0 Å². The maximum atomic E-state index is 12.1. The van der Waals surface area contributed by atoms with Crippen LogP contribution in [0, 0.1) is 0 Å². The van der Waals surface area contributed by atoms with Gasteiger partial charge in [0.2, 0.25) is 0 Å². The minimum Gasteiger partial charge on any atom is -1.00 e. The van der Waals surface area contributed by atoms with Gasteiger partial charge in [-0.3, -0.25) is 9.59 Å². The summed E-state index contributed by atoms with van der Waals surface area (Å²) in [5, 5.41) is 5.45. The molecule has 1 aromatic heterocycles. The van der Waals surface area contributed by atoms with E-state index in [9.17, 15) is 14.4 Å². The third-order valence-corrected chi connectivity index (χ3v) is 4.17. The molecule has 31 heavy (non-hydrogen) atoms. The minimum absolute atomic E-state index is 0. The van der Waals surface area contributed by atoms with Crippen molar-refractivity contribution in [2.45, 2.75) is 39.5 Å². The molecule has 2 aromatic rings. The highest BCUT2D eigenvalue weighted by Crippen LogP contribution is 2.03. The van der Waals surface area contributed by atoms with Crippen LogP contribution in [0.4, 0.5) is 4.79 Å². The first-order chi connectivity index (χ1) is 14.5. The topological polar surface area (TPSA) is 97.6 Å². The number of amides is 2. The summed E-state index contributed by atoms with van der Waals surface area (Å²) in [5.74, 6) is -0.642. The fourth-order valence-electron chi connectivity index (χ4n) is 2.70. The van der Waals surface area contributed by atoms with E-state index in [4.69, 9.17) is 9.47 Å². The van der Waals surface area contributed by atoms with Crippen LogP contribution in [0.25, 0.3) is 0 Å². The van der Waals surface area contributed by atoms with Crippen molar-refractivity contribution >= 4 is 18.0 Å². The van der Waals surface area contributed by atoms with Crippen molar-refractivity contribution in [1.82, 2.24) is 10.6 Å². The lowest BCUT2D eigenvalue weighted by Crippen LogP contribution is -3.00. The number of ether oxygens (including phenoxy) is 2. The molecule has 0 bridgehead atoms. The number of halogens is 1. The number of pyridine rings is 1. The van der Waals surface area contributed by atoms with Crippen LogP contribution in [0.2, 0.25) is 0 Å². The van der Waals surface area contributed by atoms with Crippen LogP contribution in [-0.4, -0.2) is 37.2 Å². The third-order valence-electron chi connectivity index (χ3n) is 4.17. The highest BCUT2D eigenvalue weighted by atomic mass is 35.5. The number of nitrogens with zero attached hydrogens (tertiary/aromatic N) is 1. The van der Waals surface area contributed by atoms with Crippen molar-refractivity contribution in [2.75, 3.05) is 13.2 Å². The second kappa shape index (κ2) is 14.0. The molecule has 0 spiro atoms. The van der Waals surface area contributed by atoms with Gasteiger partial charge in [0.05, 0.1) is 18.6 Å². The number of hydrogen-bond donors (Lipinski definition) is 2. The molecule has 2 N–H and O–H groups in total. The molecule has 8 nitrogen and oxygen atoms in total. The summed E-state index contributed by atoms with van der Waals surface area (Å²) in [7, 11) is 0. The number of hydrogen-bond acceptors (Lipinski definition) is 5. The number of alkyl carbamates (subject to hydrolysis) is 1. The van der Waals surface area contributed by atoms with Crippen LogP contribution >= 0.6 is 0 Å². The Morgan fingerprint density at radius 2 is 1.71 bits per heavy atom. The smallest absolute Gasteiger partial charge is 0.412 e. The SMILES string of the molecule is CCOC(=O)CCNC(=O)c1cc[n+](COC(=O)N[C@@H](C)Cc2ccccc2)cc1.[Cl-]. The first-order valence-electron chi connectivity index (χ1n) is 9.88. The van der Waals surface area contributed by atoms with Crippen LogP contribution in [0.5, 0.6) is 0 Å². The van der Waals surface area contributed by atoms with E-state index in [0.717, 1.165) is 5.56 Å². The lowest BCUT2D eigenvalue weighted by atomic mass is 10.1. The number of nitrogens with one attached hydrogen (secondary N) is 2. The maximum Gasteiger partial charge on any atom is 0.412 e. The number of benzene rings is 1. The molecule has 0 aliphatic rings. The summed E-state index contributed by atoms with van der Waals surface area (Å²) in [6.45, 7) is 4.19. The molecule has 2 amide bonds. The second-order valence-electron chi connectivity index (χ2n) is 6.71. The lowest BCUT2D eigenvalue weighted by molar-refractivity contribution is -0.727. The van der Waals surface area contributed by atoms with Crippen molar-refractivity contribution in [3.63, 3.8) is 0 Å². The Morgan fingerprint density at radius 3 is 2.35 bits per heavy atom. The molecule has 2 rings (SSSR count). The van der Waals surface area contributed by atoms with Crippen LogP contribution in [-0.2, 0) is 27.4 Å². The first-order valence-corrected chi connectivity index (χ1v) is 9.88. The van der Waals surface area contributed by atoms with Gasteiger partial charge in [-0.05, 0) is 25.8 Å². The Labute approximate surface area is 188 Å². The molecule has 0 aliphatic heterocycles. The Morgan fingerprint density at radius 1 is 1.03 bits per heavy atom. The lowest BCUT2D eigenvalue weighted by Gasteiger charge is -2.13. The molecule has 0 fully saturated rings. The highest BCUT2D eigenvalue weighted by Gasteiger charge is 2.13. The van der Waals surface area contributed by atoms with E-state index in [1.807, 2.05) is 37.3 Å². The van der Waals surface area contributed by atoms with Gasteiger partial charge in [0.25, 0.3) is 12.6 Å². The summed E-state index contributed by atoms with van der Waals surface area (Å²) in [6.07, 6.45) is 3.61. The van der Waals surface area contributed by atoms with E-state index in [2.05, 4.69) is 10.6 Å². The van der Waals surface area contributed by atoms with Gasteiger partial charge in [-0.1, -0.05) is 30.3 Å². The van der Waals surface area contributed by atoms with Crippen LogP contribution in [0.1, 0.15) is 36.2 Å². The number of esters is 1.